The standard InChI is InChI=1S/C24H30O4/c1-3-11-27-19-9-10-20(28-12-4-2)24-22-16-8-6-5-7-15(16)21(23(19)24)17(13-25)18(22)14-26/h5-10,17-18,21-22,25-26H,3-4,11-14H2,1-2H3/t17-,18+,21?,22?. The van der Waals surface area contributed by atoms with Gasteiger partial charge in [0, 0.05) is 36.2 Å². The number of aliphatic hydroxyl groups is 2. The van der Waals surface area contributed by atoms with Gasteiger partial charge >= 0.3 is 0 Å². The van der Waals surface area contributed by atoms with Crippen LogP contribution in [0.1, 0.15) is 60.8 Å². The molecule has 3 aliphatic carbocycles. The Morgan fingerprint density at radius 1 is 0.714 bits per heavy atom. The number of aliphatic hydroxyl groups excluding tert-OH is 2. The molecule has 2 aromatic carbocycles. The predicted molar refractivity (Wildman–Crippen MR) is 109 cm³/mol. The predicted octanol–water partition coefficient (Wildman–Crippen LogP) is 4.07. The fourth-order valence-corrected chi connectivity index (χ4v) is 5.17. The molecule has 5 rings (SSSR count). The van der Waals surface area contributed by atoms with E-state index in [9.17, 15) is 10.2 Å². The van der Waals surface area contributed by atoms with E-state index in [2.05, 4.69) is 38.1 Å². The Hall–Kier alpha value is -2.04. The van der Waals surface area contributed by atoms with E-state index in [1.54, 1.807) is 0 Å². The number of hydrogen-bond donors (Lipinski definition) is 2. The fraction of sp³-hybridized carbons (Fsp3) is 0.500. The molecule has 0 amide bonds. The smallest absolute Gasteiger partial charge is 0.123 e. The Balaban J connectivity index is 1.95. The molecule has 2 unspecified atom stereocenters. The fourth-order valence-electron chi connectivity index (χ4n) is 5.17. The lowest BCUT2D eigenvalue weighted by molar-refractivity contribution is 0.0783. The largest absolute Gasteiger partial charge is 0.493 e. The molecule has 2 N–H and O–H groups in total. The Kier molecular flexibility index (Phi) is 5.61. The summed E-state index contributed by atoms with van der Waals surface area (Å²) in [5, 5.41) is 20.5. The highest BCUT2D eigenvalue weighted by molar-refractivity contribution is 5.65. The van der Waals surface area contributed by atoms with Crippen molar-refractivity contribution < 1.29 is 19.7 Å². The van der Waals surface area contributed by atoms with E-state index in [0.29, 0.717) is 13.2 Å². The van der Waals surface area contributed by atoms with Crippen LogP contribution in [0.3, 0.4) is 0 Å². The lowest BCUT2D eigenvalue weighted by Gasteiger charge is -2.50. The van der Waals surface area contributed by atoms with Crippen LogP contribution in [0.5, 0.6) is 11.5 Å². The average Bonchev–Trinajstić information content (AvgIpc) is 2.75. The summed E-state index contributed by atoms with van der Waals surface area (Å²) in [7, 11) is 0. The summed E-state index contributed by atoms with van der Waals surface area (Å²) in [6.07, 6.45) is 1.88. The van der Waals surface area contributed by atoms with E-state index in [-0.39, 0.29) is 36.9 Å². The highest BCUT2D eigenvalue weighted by Gasteiger charge is 2.51. The second-order valence-electron chi connectivity index (χ2n) is 7.86. The molecule has 28 heavy (non-hydrogen) atoms. The highest BCUT2D eigenvalue weighted by atomic mass is 16.5. The maximum atomic E-state index is 10.3. The van der Waals surface area contributed by atoms with Crippen molar-refractivity contribution in [3.05, 3.63) is 58.7 Å². The molecule has 0 radical (unpaired) electrons. The van der Waals surface area contributed by atoms with Crippen LogP contribution in [-0.2, 0) is 0 Å². The average molecular weight is 383 g/mol. The zero-order chi connectivity index (χ0) is 19.7. The molecule has 0 spiro atoms. The van der Waals surface area contributed by atoms with Crippen LogP contribution < -0.4 is 9.47 Å². The van der Waals surface area contributed by atoms with Crippen LogP contribution in [0.15, 0.2) is 36.4 Å². The quantitative estimate of drug-likeness (QED) is 0.722. The van der Waals surface area contributed by atoms with E-state index in [0.717, 1.165) is 35.5 Å². The monoisotopic (exact) mass is 382 g/mol. The van der Waals surface area contributed by atoms with Crippen molar-refractivity contribution in [2.24, 2.45) is 11.8 Å². The van der Waals surface area contributed by atoms with Crippen molar-refractivity contribution in [1.29, 1.82) is 0 Å². The van der Waals surface area contributed by atoms with Gasteiger partial charge in [0.1, 0.15) is 11.5 Å². The van der Waals surface area contributed by atoms with E-state index < -0.39 is 0 Å². The summed E-state index contributed by atoms with van der Waals surface area (Å²) in [4.78, 5) is 0. The Morgan fingerprint density at radius 2 is 1.14 bits per heavy atom. The topological polar surface area (TPSA) is 58.9 Å². The van der Waals surface area contributed by atoms with Gasteiger partial charge in [-0.15, -0.1) is 0 Å². The first-order valence-corrected chi connectivity index (χ1v) is 10.5. The van der Waals surface area contributed by atoms with Crippen LogP contribution in [0.25, 0.3) is 0 Å². The number of hydrogen-bond acceptors (Lipinski definition) is 4. The molecule has 4 heteroatoms. The van der Waals surface area contributed by atoms with Crippen molar-refractivity contribution in [1.82, 2.24) is 0 Å². The second-order valence-corrected chi connectivity index (χ2v) is 7.86. The molecular weight excluding hydrogens is 352 g/mol. The van der Waals surface area contributed by atoms with Crippen LogP contribution in [0, 0.1) is 11.8 Å². The molecule has 0 fully saturated rings. The van der Waals surface area contributed by atoms with Crippen molar-refractivity contribution in [2.75, 3.05) is 26.4 Å². The number of benzene rings is 2. The number of rotatable bonds is 8. The van der Waals surface area contributed by atoms with E-state index >= 15 is 0 Å². The summed E-state index contributed by atoms with van der Waals surface area (Å²) in [6, 6.07) is 12.5. The zero-order valence-electron chi connectivity index (χ0n) is 16.7. The van der Waals surface area contributed by atoms with Gasteiger partial charge in [0.15, 0.2) is 0 Å². The third-order valence-corrected chi connectivity index (χ3v) is 6.25. The molecule has 4 nitrogen and oxygen atoms in total. The number of fused-ring (bicyclic) bond motifs is 1. The second kappa shape index (κ2) is 8.14. The summed E-state index contributed by atoms with van der Waals surface area (Å²) in [5.74, 6) is 1.75. The first-order chi connectivity index (χ1) is 13.8. The van der Waals surface area contributed by atoms with Crippen LogP contribution in [0.2, 0.25) is 0 Å². The van der Waals surface area contributed by atoms with Gasteiger partial charge in [-0.1, -0.05) is 38.1 Å². The molecule has 0 aromatic heterocycles. The van der Waals surface area contributed by atoms with Gasteiger partial charge in [0.2, 0.25) is 0 Å². The van der Waals surface area contributed by atoms with E-state index in [1.165, 1.54) is 11.1 Å². The molecule has 2 bridgehead atoms. The SMILES string of the molecule is CCCOc1ccc(OCCC)c2c1C1c3ccccc3C2[C@H](CO)[C@@H]1CO. The van der Waals surface area contributed by atoms with Crippen molar-refractivity contribution in [3.63, 3.8) is 0 Å². The lowest BCUT2D eigenvalue weighted by atomic mass is 9.54. The summed E-state index contributed by atoms with van der Waals surface area (Å²) in [5.41, 5.74) is 4.79. The van der Waals surface area contributed by atoms with Crippen molar-refractivity contribution in [3.8, 4) is 11.5 Å². The van der Waals surface area contributed by atoms with E-state index in [4.69, 9.17) is 9.47 Å². The number of ether oxygens (including phenoxy) is 2. The maximum absolute atomic E-state index is 10.3. The first kappa shape index (κ1) is 19.3. The van der Waals surface area contributed by atoms with Gasteiger partial charge in [0.25, 0.3) is 0 Å². The Morgan fingerprint density at radius 3 is 1.50 bits per heavy atom. The normalized spacial score (nSPS) is 24.6. The van der Waals surface area contributed by atoms with Crippen LogP contribution in [-0.4, -0.2) is 36.6 Å². The maximum Gasteiger partial charge on any atom is 0.123 e. The third-order valence-electron chi connectivity index (χ3n) is 6.25. The third kappa shape index (κ3) is 2.90. The van der Waals surface area contributed by atoms with Crippen molar-refractivity contribution >= 4 is 0 Å². The minimum absolute atomic E-state index is 0.00961. The molecule has 4 atom stereocenters. The van der Waals surface area contributed by atoms with Crippen molar-refractivity contribution in [2.45, 2.75) is 38.5 Å². The molecule has 2 aromatic rings. The minimum atomic E-state index is -0.0252. The van der Waals surface area contributed by atoms with Gasteiger partial charge in [-0.25, -0.2) is 0 Å². The van der Waals surface area contributed by atoms with Gasteiger partial charge in [0.05, 0.1) is 13.2 Å². The molecule has 0 saturated heterocycles. The van der Waals surface area contributed by atoms with Gasteiger partial charge < -0.3 is 19.7 Å². The van der Waals surface area contributed by atoms with Gasteiger partial charge in [-0.2, -0.15) is 0 Å². The van der Waals surface area contributed by atoms with Crippen LogP contribution in [0.4, 0.5) is 0 Å². The molecule has 0 aliphatic heterocycles. The summed E-state index contributed by atoms with van der Waals surface area (Å²) in [6.45, 7) is 5.62. The molecule has 0 saturated carbocycles. The minimum Gasteiger partial charge on any atom is -0.493 e. The molecular formula is C24H30O4. The summed E-state index contributed by atoms with van der Waals surface area (Å²) >= 11 is 0. The van der Waals surface area contributed by atoms with Gasteiger partial charge in [-0.3, -0.25) is 0 Å². The lowest BCUT2D eigenvalue weighted by Crippen LogP contribution is -2.43. The Labute approximate surface area is 167 Å². The van der Waals surface area contributed by atoms with E-state index in [1.807, 2.05) is 12.1 Å². The molecule has 3 aliphatic rings. The molecule has 150 valence electrons. The zero-order valence-corrected chi connectivity index (χ0v) is 16.7. The van der Waals surface area contributed by atoms with Gasteiger partial charge in [-0.05, 0) is 47.9 Å². The molecule has 0 heterocycles. The van der Waals surface area contributed by atoms with Crippen LogP contribution >= 0.6 is 0 Å². The highest BCUT2D eigenvalue weighted by Crippen LogP contribution is 2.62. The Bertz CT molecular complexity index is 763. The summed E-state index contributed by atoms with van der Waals surface area (Å²) < 4.78 is 12.3. The first-order valence-electron chi connectivity index (χ1n) is 10.5.